The summed E-state index contributed by atoms with van der Waals surface area (Å²) in [4.78, 5) is 13.3. The molecule has 2 N–H and O–H groups in total. The number of nitrogens with zero attached hydrogens (tertiary/aromatic N) is 1. The molecule has 1 aliphatic rings. The van der Waals surface area contributed by atoms with Gasteiger partial charge < -0.3 is 15.3 Å². The number of urea groups is 1. The van der Waals surface area contributed by atoms with Crippen molar-refractivity contribution in [3.63, 3.8) is 0 Å². The fourth-order valence-electron chi connectivity index (χ4n) is 1.85. The summed E-state index contributed by atoms with van der Waals surface area (Å²) < 4.78 is 0. The van der Waals surface area contributed by atoms with Crippen LogP contribution in [0.15, 0.2) is 0 Å². The highest BCUT2D eigenvalue weighted by Gasteiger charge is 2.19. The lowest BCUT2D eigenvalue weighted by molar-refractivity contribution is 0.153. The lowest BCUT2D eigenvalue weighted by atomic mass is 9.96. The van der Waals surface area contributed by atoms with E-state index in [9.17, 15) is 4.79 Å². The average molecular weight is 214 g/mol. The predicted octanol–water partition coefficient (Wildman–Crippen LogP) is 1.34. The summed E-state index contributed by atoms with van der Waals surface area (Å²) in [5.41, 5.74) is 0. The first-order valence-electron chi connectivity index (χ1n) is 5.79. The fourth-order valence-corrected chi connectivity index (χ4v) is 1.85. The lowest BCUT2D eigenvalue weighted by Crippen LogP contribution is -2.47. The molecule has 15 heavy (non-hydrogen) atoms. The summed E-state index contributed by atoms with van der Waals surface area (Å²) in [5.74, 6) is 0. The van der Waals surface area contributed by atoms with Gasteiger partial charge in [0.25, 0.3) is 0 Å². The first-order valence-corrected chi connectivity index (χ1v) is 5.79. The molecule has 1 atom stereocenters. The molecule has 2 amide bonds. The monoisotopic (exact) mass is 214 g/mol. The van der Waals surface area contributed by atoms with E-state index in [1.54, 1.807) is 11.9 Å². The highest BCUT2D eigenvalue weighted by atomic mass is 16.3. The van der Waals surface area contributed by atoms with Crippen LogP contribution in [-0.2, 0) is 0 Å². The highest BCUT2D eigenvalue weighted by molar-refractivity contribution is 5.74. The number of aliphatic hydroxyl groups excluding tert-OH is 1. The minimum atomic E-state index is -0.117. The Bertz CT molecular complexity index is 203. The summed E-state index contributed by atoms with van der Waals surface area (Å²) in [6.45, 7) is 1.84. The van der Waals surface area contributed by atoms with Crippen molar-refractivity contribution in [3.05, 3.63) is 0 Å². The zero-order valence-electron chi connectivity index (χ0n) is 9.70. The maximum Gasteiger partial charge on any atom is 0.317 e. The van der Waals surface area contributed by atoms with Crippen molar-refractivity contribution in [2.24, 2.45) is 0 Å². The van der Waals surface area contributed by atoms with Crippen molar-refractivity contribution in [2.45, 2.75) is 51.1 Å². The number of rotatable bonds is 3. The molecule has 1 unspecified atom stereocenters. The van der Waals surface area contributed by atoms with Crippen LogP contribution >= 0.6 is 0 Å². The number of nitrogens with one attached hydrogen (secondary N) is 1. The summed E-state index contributed by atoms with van der Waals surface area (Å²) in [7, 11) is 1.72. The number of amides is 2. The van der Waals surface area contributed by atoms with Crippen LogP contribution in [0.4, 0.5) is 4.79 Å². The molecule has 1 aliphatic carbocycles. The Morgan fingerprint density at radius 2 is 2.07 bits per heavy atom. The quantitative estimate of drug-likeness (QED) is 0.745. The van der Waals surface area contributed by atoms with E-state index in [2.05, 4.69) is 5.32 Å². The van der Waals surface area contributed by atoms with E-state index in [0.717, 1.165) is 12.8 Å². The minimum absolute atomic E-state index is 0.00852. The van der Waals surface area contributed by atoms with Crippen molar-refractivity contribution in [1.82, 2.24) is 10.2 Å². The van der Waals surface area contributed by atoms with Gasteiger partial charge in [0.05, 0.1) is 12.6 Å². The zero-order chi connectivity index (χ0) is 11.3. The average Bonchev–Trinajstić information content (AvgIpc) is 2.28. The Labute approximate surface area is 91.6 Å². The third-order valence-electron chi connectivity index (χ3n) is 3.18. The number of likely N-dealkylation sites (N-methyl/N-ethyl adjacent to an activating group) is 1. The van der Waals surface area contributed by atoms with Gasteiger partial charge in [-0.3, -0.25) is 0 Å². The van der Waals surface area contributed by atoms with E-state index in [1.165, 1.54) is 19.3 Å². The third-order valence-corrected chi connectivity index (χ3v) is 3.18. The Balaban J connectivity index is 2.33. The van der Waals surface area contributed by atoms with Gasteiger partial charge in [-0.15, -0.1) is 0 Å². The van der Waals surface area contributed by atoms with Crippen LogP contribution in [-0.4, -0.2) is 41.8 Å². The number of aliphatic hydroxyl groups is 1. The molecule has 0 saturated heterocycles. The number of hydrogen-bond acceptors (Lipinski definition) is 2. The van der Waals surface area contributed by atoms with Gasteiger partial charge in [0.15, 0.2) is 0 Å². The van der Waals surface area contributed by atoms with Crippen molar-refractivity contribution in [1.29, 1.82) is 0 Å². The van der Waals surface area contributed by atoms with Crippen LogP contribution in [0.25, 0.3) is 0 Å². The maximum absolute atomic E-state index is 11.7. The van der Waals surface area contributed by atoms with Gasteiger partial charge in [0.2, 0.25) is 0 Å². The number of carbonyl (C=O) groups excluding carboxylic acids is 1. The topological polar surface area (TPSA) is 52.6 Å². The van der Waals surface area contributed by atoms with E-state index in [4.69, 9.17) is 5.11 Å². The molecule has 0 bridgehead atoms. The van der Waals surface area contributed by atoms with E-state index in [1.807, 2.05) is 6.92 Å². The second-order valence-corrected chi connectivity index (χ2v) is 4.43. The molecular weight excluding hydrogens is 192 g/mol. The zero-order valence-corrected chi connectivity index (χ0v) is 9.70. The van der Waals surface area contributed by atoms with Crippen LogP contribution in [0.5, 0.6) is 0 Å². The number of carbonyl (C=O) groups is 1. The largest absolute Gasteiger partial charge is 0.394 e. The molecule has 88 valence electrons. The van der Waals surface area contributed by atoms with Gasteiger partial charge in [-0.2, -0.15) is 0 Å². The standard InChI is InChI=1S/C11H22N2O2/c1-9(8-14)13(2)11(15)12-10-6-4-3-5-7-10/h9-10,14H,3-8H2,1-2H3,(H,12,15). The summed E-state index contributed by atoms with van der Waals surface area (Å²) in [6.07, 6.45) is 5.89. The van der Waals surface area contributed by atoms with Crippen molar-refractivity contribution in [3.8, 4) is 0 Å². The molecule has 0 aromatic rings. The predicted molar refractivity (Wildman–Crippen MR) is 59.7 cm³/mol. The van der Waals surface area contributed by atoms with E-state index < -0.39 is 0 Å². The van der Waals surface area contributed by atoms with Crippen LogP contribution in [0.2, 0.25) is 0 Å². The van der Waals surface area contributed by atoms with Gasteiger partial charge >= 0.3 is 6.03 Å². The molecule has 0 aromatic carbocycles. The van der Waals surface area contributed by atoms with E-state index >= 15 is 0 Å². The molecule has 0 aliphatic heterocycles. The normalized spacial score (nSPS) is 19.7. The first kappa shape index (κ1) is 12.3. The summed E-state index contributed by atoms with van der Waals surface area (Å²) >= 11 is 0. The lowest BCUT2D eigenvalue weighted by Gasteiger charge is -2.28. The van der Waals surface area contributed by atoms with Crippen LogP contribution in [0.3, 0.4) is 0 Å². The number of hydrogen-bond donors (Lipinski definition) is 2. The molecule has 1 rings (SSSR count). The minimum Gasteiger partial charge on any atom is -0.394 e. The molecule has 4 nitrogen and oxygen atoms in total. The molecule has 0 heterocycles. The van der Waals surface area contributed by atoms with Crippen molar-refractivity contribution in [2.75, 3.05) is 13.7 Å². The summed E-state index contributed by atoms with van der Waals surface area (Å²) in [5, 5.41) is 11.9. The van der Waals surface area contributed by atoms with Gasteiger partial charge in [0.1, 0.15) is 0 Å². The Hall–Kier alpha value is -0.770. The molecular formula is C11H22N2O2. The summed E-state index contributed by atoms with van der Waals surface area (Å²) in [6, 6.07) is 0.150. The maximum atomic E-state index is 11.7. The van der Waals surface area contributed by atoms with E-state index in [-0.39, 0.29) is 18.7 Å². The smallest absolute Gasteiger partial charge is 0.317 e. The second-order valence-electron chi connectivity index (χ2n) is 4.43. The van der Waals surface area contributed by atoms with Crippen LogP contribution in [0.1, 0.15) is 39.0 Å². The van der Waals surface area contributed by atoms with E-state index in [0.29, 0.717) is 6.04 Å². The Morgan fingerprint density at radius 1 is 1.47 bits per heavy atom. The Morgan fingerprint density at radius 3 is 2.60 bits per heavy atom. The first-order chi connectivity index (χ1) is 7.15. The molecule has 1 fully saturated rings. The molecule has 1 saturated carbocycles. The molecule has 0 aromatic heterocycles. The third kappa shape index (κ3) is 3.70. The molecule has 0 spiro atoms. The Kier molecular flexibility index (Phi) is 4.88. The molecule has 0 radical (unpaired) electrons. The van der Waals surface area contributed by atoms with Gasteiger partial charge in [-0.05, 0) is 19.8 Å². The SMILES string of the molecule is CC(CO)N(C)C(=O)NC1CCCCC1. The van der Waals surface area contributed by atoms with Crippen molar-refractivity contribution >= 4 is 6.03 Å². The van der Waals surface area contributed by atoms with Gasteiger partial charge in [-0.25, -0.2) is 4.79 Å². The fraction of sp³-hybridized carbons (Fsp3) is 0.909. The second kappa shape index (κ2) is 5.95. The van der Waals surface area contributed by atoms with Gasteiger partial charge in [0, 0.05) is 13.1 Å². The van der Waals surface area contributed by atoms with Crippen LogP contribution < -0.4 is 5.32 Å². The van der Waals surface area contributed by atoms with Crippen LogP contribution in [0, 0.1) is 0 Å². The highest BCUT2D eigenvalue weighted by Crippen LogP contribution is 2.17. The van der Waals surface area contributed by atoms with Gasteiger partial charge in [-0.1, -0.05) is 19.3 Å². The molecule has 4 heteroatoms. The van der Waals surface area contributed by atoms with Crippen molar-refractivity contribution < 1.29 is 9.90 Å².